The molecule has 1 aliphatic rings. The Morgan fingerprint density at radius 3 is 2.37 bits per heavy atom. The van der Waals surface area contributed by atoms with E-state index in [2.05, 4.69) is 0 Å². The van der Waals surface area contributed by atoms with Gasteiger partial charge in [-0.25, -0.2) is 8.42 Å². The standard InChI is InChI=1S/C12H13Cl2NO3S/c13-10-5-4-9(12(14)16)8-11(10)19(17,18)15-6-2-1-3-7-15/h4-5,8H,1-3,6-7H2. The minimum Gasteiger partial charge on any atom is -0.276 e. The predicted molar refractivity (Wildman–Crippen MR) is 74.2 cm³/mol. The molecule has 0 aliphatic carbocycles. The number of halogens is 2. The van der Waals surface area contributed by atoms with E-state index in [0.29, 0.717) is 13.1 Å². The highest BCUT2D eigenvalue weighted by Gasteiger charge is 2.28. The van der Waals surface area contributed by atoms with E-state index in [0.717, 1.165) is 19.3 Å². The summed E-state index contributed by atoms with van der Waals surface area (Å²) in [6.07, 6.45) is 2.70. The summed E-state index contributed by atoms with van der Waals surface area (Å²) in [6.45, 7) is 0.968. The Bertz CT molecular complexity index is 595. The summed E-state index contributed by atoms with van der Waals surface area (Å²) in [4.78, 5) is 11.1. The average molecular weight is 322 g/mol. The van der Waals surface area contributed by atoms with Crippen molar-refractivity contribution in [3.63, 3.8) is 0 Å². The van der Waals surface area contributed by atoms with E-state index in [9.17, 15) is 13.2 Å². The second-order valence-electron chi connectivity index (χ2n) is 4.38. The summed E-state index contributed by atoms with van der Waals surface area (Å²) in [5.74, 6) is 0. The number of nitrogens with zero attached hydrogens (tertiary/aromatic N) is 1. The van der Waals surface area contributed by atoms with Crippen LogP contribution in [0.4, 0.5) is 0 Å². The zero-order chi connectivity index (χ0) is 14.0. The highest BCUT2D eigenvalue weighted by atomic mass is 35.5. The lowest BCUT2D eigenvalue weighted by atomic mass is 10.2. The second kappa shape index (κ2) is 5.79. The number of hydrogen-bond acceptors (Lipinski definition) is 3. The van der Waals surface area contributed by atoms with Gasteiger partial charge in [0.1, 0.15) is 4.90 Å². The van der Waals surface area contributed by atoms with Crippen LogP contribution in [0.1, 0.15) is 29.6 Å². The maximum Gasteiger partial charge on any atom is 0.252 e. The molecule has 0 atom stereocenters. The van der Waals surface area contributed by atoms with Crippen molar-refractivity contribution in [2.24, 2.45) is 0 Å². The number of benzene rings is 1. The van der Waals surface area contributed by atoms with Gasteiger partial charge in [-0.05, 0) is 42.6 Å². The maximum atomic E-state index is 12.5. The minimum atomic E-state index is -3.66. The van der Waals surface area contributed by atoms with Crippen LogP contribution >= 0.6 is 23.2 Å². The molecule has 0 bridgehead atoms. The molecule has 0 saturated carbocycles. The monoisotopic (exact) mass is 321 g/mol. The van der Waals surface area contributed by atoms with Gasteiger partial charge in [0.2, 0.25) is 10.0 Å². The van der Waals surface area contributed by atoms with E-state index in [1.165, 1.54) is 22.5 Å². The molecule has 2 rings (SSSR count). The number of rotatable bonds is 3. The number of piperidine rings is 1. The molecule has 0 radical (unpaired) electrons. The molecule has 1 heterocycles. The fourth-order valence-electron chi connectivity index (χ4n) is 2.07. The molecule has 1 aromatic rings. The van der Waals surface area contributed by atoms with Crippen molar-refractivity contribution < 1.29 is 13.2 Å². The van der Waals surface area contributed by atoms with E-state index in [1.807, 2.05) is 0 Å². The smallest absolute Gasteiger partial charge is 0.252 e. The van der Waals surface area contributed by atoms with Crippen LogP contribution < -0.4 is 0 Å². The number of carbonyl (C=O) groups is 1. The van der Waals surface area contributed by atoms with Crippen molar-refractivity contribution in [3.8, 4) is 0 Å². The van der Waals surface area contributed by atoms with Crippen LogP contribution in [0.2, 0.25) is 5.02 Å². The van der Waals surface area contributed by atoms with Gasteiger partial charge in [0, 0.05) is 18.7 Å². The van der Waals surface area contributed by atoms with Gasteiger partial charge in [0.15, 0.2) is 0 Å². The molecule has 19 heavy (non-hydrogen) atoms. The third-order valence-electron chi connectivity index (χ3n) is 3.09. The van der Waals surface area contributed by atoms with Crippen LogP contribution in [0.5, 0.6) is 0 Å². The van der Waals surface area contributed by atoms with Crippen LogP contribution in [0, 0.1) is 0 Å². The molecule has 0 spiro atoms. The summed E-state index contributed by atoms with van der Waals surface area (Å²) in [5.41, 5.74) is 0.127. The van der Waals surface area contributed by atoms with Gasteiger partial charge in [0.25, 0.3) is 5.24 Å². The molecule has 104 valence electrons. The number of sulfonamides is 1. The molecule has 1 fully saturated rings. The highest BCUT2D eigenvalue weighted by Crippen LogP contribution is 2.28. The fourth-order valence-corrected chi connectivity index (χ4v) is 4.20. The Morgan fingerprint density at radius 1 is 1.16 bits per heavy atom. The Labute approximate surface area is 122 Å². The first-order valence-corrected chi connectivity index (χ1v) is 8.12. The van der Waals surface area contributed by atoms with E-state index in [4.69, 9.17) is 23.2 Å². The Morgan fingerprint density at radius 2 is 1.79 bits per heavy atom. The lowest BCUT2D eigenvalue weighted by molar-refractivity contribution is 0.108. The first-order chi connectivity index (χ1) is 8.93. The SMILES string of the molecule is O=C(Cl)c1ccc(Cl)c(S(=O)(=O)N2CCCCC2)c1. The third kappa shape index (κ3) is 3.11. The normalized spacial score (nSPS) is 17.4. The van der Waals surface area contributed by atoms with Crippen LogP contribution in [0.3, 0.4) is 0 Å². The third-order valence-corrected chi connectivity index (χ3v) is 5.69. The maximum absolute atomic E-state index is 12.5. The number of hydrogen-bond donors (Lipinski definition) is 0. The van der Waals surface area contributed by atoms with E-state index >= 15 is 0 Å². The molecule has 0 N–H and O–H groups in total. The van der Waals surface area contributed by atoms with E-state index in [1.54, 1.807) is 0 Å². The van der Waals surface area contributed by atoms with Crippen molar-refractivity contribution in [2.75, 3.05) is 13.1 Å². The molecule has 7 heteroatoms. The molecule has 1 saturated heterocycles. The lowest BCUT2D eigenvalue weighted by Gasteiger charge is -2.26. The van der Waals surface area contributed by atoms with Gasteiger partial charge in [0.05, 0.1) is 5.02 Å². The van der Waals surface area contributed by atoms with Gasteiger partial charge < -0.3 is 0 Å². The van der Waals surface area contributed by atoms with Crippen LogP contribution in [0.15, 0.2) is 23.1 Å². The Kier molecular flexibility index (Phi) is 4.50. The summed E-state index contributed by atoms with van der Waals surface area (Å²) in [7, 11) is -3.66. The van der Waals surface area contributed by atoms with Crippen LogP contribution in [0.25, 0.3) is 0 Å². The molecule has 1 aliphatic heterocycles. The first-order valence-electron chi connectivity index (χ1n) is 5.92. The summed E-state index contributed by atoms with van der Waals surface area (Å²) in [5, 5.41) is -0.598. The van der Waals surface area contributed by atoms with Crippen molar-refractivity contribution in [1.82, 2.24) is 4.31 Å². The van der Waals surface area contributed by atoms with Crippen molar-refractivity contribution >= 4 is 38.5 Å². The quantitative estimate of drug-likeness (QED) is 0.804. The van der Waals surface area contributed by atoms with Gasteiger partial charge in [-0.3, -0.25) is 4.79 Å². The Hall–Kier alpha value is -0.620. The predicted octanol–water partition coefficient (Wildman–Crippen LogP) is 2.89. The zero-order valence-corrected chi connectivity index (χ0v) is 12.4. The van der Waals surface area contributed by atoms with Crippen molar-refractivity contribution in [1.29, 1.82) is 0 Å². The fraction of sp³-hybridized carbons (Fsp3) is 0.417. The van der Waals surface area contributed by atoms with Crippen LogP contribution in [-0.4, -0.2) is 31.1 Å². The van der Waals surface area contributed by atoms with Crippen molar-refractivity contribution in [2.45, 2.75) is 24.2 Å². The van der Waals surface area contributed by atoms with Gasteiger partial charge >= 0.3 is 0 Å². The van der Waals surface area contributed by atoms with Gasteiger partial charge in [-0.1, -0.05) is 18.0 Å². The summed E-state index contributed by atoms with van der Waals surface area (Å²) in [6, 6.07) is 4.03. The highest BCUT2D eigenvalue weighted by molar-refractivity contribution is 7.89. The summed E-state index contributed by atoms with van der Waals surface area (Å²) >= 11 is 11.3. The topological polar surface area (TPSA) is 54.5 Å². The molecule has 0 amide bonds. The van der Waals surface area contributed by atoms with Crippen LogP contribution in [-0.2, 0) is 10.0 Å². The number of carbonyl (C=O) groups excluding carboxylic acids is 1. The molecule has 0 aromatic heterocycles. The second-order valence-corrected chi connectivity index (χ2v) is 7.04. The Balaban J connectivity index is 2.44. The molecule has 0 unspecified atom stereocenters. The zero-order valence-electron chi connectivity index (χ0n) is 10.1. The van der Waals surface area contributed by atoms with E-state index in [-0.39, 0.29) is 15.5 Å². The minimum absolute atomic E-state index is 0.0532. The molecular weight excluding hydrogens is 309 g/mol. The lowest BCUT2D eigenvalue weighted by Crippen LogP contribution is -2.35. The summed E-state index contributed by atoms with van der Waals surface area (Å²) < 4.78 is 26.3. The first kappa shape index (κ1) is 14.8. The van der Waals surface area contributed by atoms with Crippen molar-refractivity contribution in [3.05, 3.63) is 28.8 Å². The molecular formula is C12H13Cl2NO3S. The largest absolute Gasteiger partial charge is 0.276 e. The average Bonchev–Trinajstić information content (AvgIpc) is 2.39. The van der Waals surface area contributed by atoms with Gasteiger partial charge in [-0.2, -0.15) is 4.31 Å². The molecule has 1 aromatic carbocycles. The van der Waals surface area contributed by atoms with E-state index < -0.39 is 15.3 Å². The molecule has 4 nitrogen and oxygen atoms in total. The van der Waals surface area contributed by atoms with Gasteiger partial charge in [-0.15, -0.1) is 0 Å².